The largest absolute Gasteiger partial charge is 0.478 e. The Morgan fingerprint density at radius 3 is 2.43 bits per heavy atom. The molecule has 0 spiro atoms. The predicted octanol–water partition coefficient (Wildman–Crippen LogP) is 3.72. The molecule has 21 heavy (non-hydrogen) atoms. The minimum absolute atomic E-state index is 0.153. The monoisotopic (exact) mass is 315 g/mol. The lowest BCUT2D eigenvalue weighted by Crippen LogP contribution is -2.17. The standard InChI is InChI=1S/C13H8F3NO3S/c14-13(15,16)8-3-1-2-4-9(8)17-11(18)10-7(12(19)20)5-6-21-10/h1-6H,(H,17,18)(H,19,20). The highest BCUT2D eigenvalue weighted by atomic mass is 32.1. The first-order valence-electron chi connectivity index (χ1n) is 5.59. The average molecular weight is 315 g/mol. The van der Waals surface area contributed by atoms with Gasteiger partial charge in [0.15, 0.2) is 0 Å². The van der Waals surface area contributed by atoms with Gasteiger partial charge in [-0.2, -0.15) is 13.2 Å². The van der Waals surface area contributed by atoms with Crippen molar-refractivity contribution in [2.45, 2.75) is 6.18 Å². The lowest BCUT2D eigenvalue weighted by atomic mass is 10.1. The van der Waals surface area contributed by atoms with E-state index in [0.29, 0.717) is 0 Å². The summed E-state index contributed by atoms with van der Waals surface area (Å²) in [6.07, 6.45) is -4.62. The van der Waals surface area contributed by atoms with E-state index in [1.807, 2.05) is 0 Å². The van der Waals surface area contributed by atoms with Crippen LogP contribution in [-0.2, 0) is 6.18 Å². The highest BCUT2D eigenvalue weighted by Gasteiger charge is 2.33. The number of amides is 1. The third-order valence-electron chi connectivity index (χ3n) is 2.58. The quantitative estimate of drug-likeness (QED) is 0.907. The molecule has 2 rings (SSSR count). The van der Waals surface area contributed by atoms with Crippen LogP contribution >= 0.6 is 11.3 Å². The van der Waals surface area contributed by atoms with Gasteiger partial charge in [0, 0.05) is 0 Å². The fourth-order valence-electron chi connectivity index (χ4n) is 1.67. The Kier molecular flexibility index (Phi) is 3.99. The van der Waals surface area contributed by atoms with Crippen molar-refractivity contribution in [3.8, 4) is 0 Å². The molecular formula is C13H8F3NO3S. The second-order valence-electron chi connectivity index (χ2n) is 3.97. The summed E-state index contributed by atoms with van der Waals surface area (Å²) in [6.45, 7) is 0. The van der Waals surface area contributed by atoms with Gasteiger partial charge in [-0.05, 0) is 23.6 Å². The van der Waals surface area contributed by atoms with Crippen LogP contribution in [0.3, 0.4) is 0 Å². The smallest absolute Gasteiger partial charge is 0.418 e. The van der Waals surface area contributed by atoms with Gasteiger partial charge in [0.25, 0.3) is 5.91 Å². The molecule has 0 bridgehead atoms. The number of hydrogen-bond donors (Lipinski definition) is 2. The summed E-state index contributed by atoms with van der Waals surface area (Å²) in [5.41, 5.74) is -1.66. The number of hydrogen-bond acceptors (Lipinski definition) is 3. The van der Waals surface area contributed by atoms with E-state index in [9.17, 15) is 22.8 Å². The third kappa shape index (κ3) is 3.22. The van der Waals surface area contributed by atoms with E-state index in [1.54, 1.807) is 0 Å². The average Bonchev–Trinajstić information content (AvgIpc) is 2.87. The van der Waals surface area contributed by atoms with E-state index in [0.717, 1.165) is 23.5 Å². The molecule has 0 radical (unpaired) electrons. The number of carbonyl (C=O) groups excluding carboxylic acids is 1. The summed E-state index contributed by atoms with van der Waals surface area (Å²) >= 11 is 0.844. The first-order chi connectivity index (χ1) is 9.80. The number of thiophene rings is 1. The van der Waals surface area contributed by atoms with Gasteiger partial charge in [-0.15, -0.1) is 11.3 Å². The molecule has 1 aromatic heterocycles. The zero-order valence-corrected chi connectivity index (χ0v) is 11.1. The Balaban J connectivity index is 2.33. The fourth-order valence-corrected chi connectivity index (χ4v) is 2.45. The lowest BCUT2D eigenvalue weighted by molar-refractivity contribution is -0.136. The topological polar surface area (TPSA) is 66.4 Å². The molecule has 110 valence electrons. The molecule has 0 saturated heterocycles. The van der Waals surface area contributed by atoms with Crippen molar-refractivity contribution in [1.82, 2.24) is 0 Å². The number of carbonyl (C=O) groups is 2. The van der Waals surface area contributed by atoms with Crippen molar-refractivity contribution in [1.29, 1.82) is 0 Å². The van der Waals surface area contributed by atoms with Gasteiger partial charge in [0.2, 0.25) is 0 Å². The molecule has 2 aromatic rings. The number of aromatic carboxylic acids is 1. The molecule has 0 aliphatic rings. The Labute approximate surface area is 120 Å². The van der Waals surface area contributed by atoms with E-state index in [2.05, 4.69) is 5.32 Å². The predicted molar refractivity (Wildman–Crippen MR) is 70.7 cm³/mol. The second kappa shape index (κ2) is 5.57. The Hall–Kier alpha value is -2.35. The number of alkyl halides is 3. The van der Waals surface area contributed by atoms with Gasteiger partial charge in [-0.1, -0.05) is 12.1 Å². The molecule has 1 heterocycles. The van der Waals surface area contributed by atoms with Gasteiger partial charge in [0.1, 0.15) is 4.88 Å². The number of halogens is 3. The fraction of sp³-hybridized carbons (Fsp3) is 0.0769. The van der Waals surface area contributed by atoms with Crippen molar-refractivity contribution in [3.63, 3.8) is 0 Å². The zero-order valence-electron chi connectivity index (χ0n) is 10.3. The number of anilines is 1. The van der Waals surface area contributed by atoms with Gasteiger partial charge in [-0.25, -0.2) is 4.79 Å². The van der Waals surface area contributed by atoms with Gasteiger partial charge < -0.3 is 10.4 Å². The SMILES string of the molecule is O=C(O)c1ccsc1C(=O)Nc1ccccc1C(F)(F)F. The van der Waals surface area contributed by atoms with Crippen molar-refractivity contribution in [2.75, 3.05) is 5.32 Å². The van der Waals surface area contributed by atoms with Crippen LogP contribution in [0.15, 0.2) is 35.7 Å². The molecule has 0 fully saturated rings. The number of benzene rings is 1. The minimum Gasteiger partial charge on any atom is -0.478 e. The van der Waals surface area contributed by atoms with Crippen molar-refractivity contribution < 1.29 is 27.9 Å². The Morgan fingerprint density at radius 1 is 1.14 bits per heavy atom. The molecule has 0 aliphatic carbocycles. The van der Waals surface area contributed by atoms with Crippen molar-refractivity contribution in [3.05, 3.63) is 51.7 Å². The number of para-hydroxylation sites is 1. The maximum absolute atomic E-state index is 12.8. The van der Waals surface area contributed by atoms with Crippen LogP contribution in [0.2, 0.25) is 0 Å². The van der Waals surface area contributed by atoms with Crippen LogP contribution < -0.4 is 5.32 Å². The number of carboxylic acid groups (broad SMARTS) is 1. The summed E-state index contributed by atoms with van der Waals surface area (Å²) in [4.78, 5) is 22.7. The van der Waals surface area contributed by atoms with Crippen molar-refractivity contribution >= 4 is 28.9 Å². The Bertz CT molecular complexity index is 694. The first kappa shape index (κ1) is 15.0. The van der Waals surface area contributed by atoms with E-state index in [1.165, 1.54) is 23.6 Å². The zero-order chi connectivity index (χ0) is 15.6. The highest BCUT2D eigenvalue weighted by molar-refractivity contribution is 7.12. The summed E-state index contributed by atoms with van der Waals surface area (Å²) in [5, 5.41) is 12.4. The van der Waals surface area contributed by atoms with Crippen molar-refractivity contribution in [2.24, 2.45) is 0 Å². The number of rotatable bonds is 3. The first-order valence-corrected chi connectivity index (χ1v) is 6.47. The van der Waals surface area contributed by atoms with E-state index >= 15 is 0 Å². The molecule has 0 saturated carbocycles. The summed E-state index contributed by atoms with van der Waals surface area (Å²) < 4.78 is 38.4. The summed E-state index contributed by atoms with van der Waals surface area (Å²) in [5.74, 6) is -2.20. The number of carboxylic acids is 1. The lowest BCUT2D eigenvalue weighted by Gasteiger charge is -2.13. The van der Waals surface area contributed by atoms with Gasteiger partial charge in [-0.3, -0.25) is 4.79 Å². The maximum atomic E-state index is 12.8. The molecule has 1 aromatic carbocycles. The van der Waals surface area contributed by atoms with Gasteiger partial charge >= 0.3 is 12.1 Å². The molecule has 4 nitrogen and oxygen atoms in total. The molecule has 2 N–H and O–H groups in total. The third-order valence-corrected chi connectivity index (χ3v) is 3.50. The van der Waals surface area contributed by atoms with Crippen LogP contribution in [0.1, 0.15) is 25.6 Å². The highest BCUT2D eigenvalue weighted by Crippen LogP contribution is 2.35. The van der Waals surface area contributed by atoms with Crippen LogP contribution in [0.5, 0.6) is 0 Å². The van der Waals surface area contributed by atoms with Crippen LogP contribution in [0.4, 0.5) is 18.9 Å². The van der Waals surface area contributed by atoms with E-state index < -0.39 is 29.3 Å². The van der Waals surface area contributed by atoms with E-state index in [-0.39, 0.29) is 10.4 Å². The molecule has 1 amide bonds. The number of nitrogens with one attached hydrogen (secondary N) is 1. The normalized spacial score (nSPS) is 11.2. The second-order valence-corrected chi connectivity index (χ2v) is 4.88. The molecular weight excluding hydrogens is 307 g/mol. The molecule has 8 heteroatoms. The Morgan fingerprint density at radius 2 is 1.81 bits per heavy atom. The molecule has 0 unspecified atom stereocenters. The van der Waals surface area contributed by atoms with Crippen LogP contribution in [0, 0.1) is 0 Å². The molecule has 0 aliphatic heterocycles. The summed E-state index contributed by atoms with van der Waals surface area (Å²) in [6, 6.07) is 5.71. The summed E-state index contributed by atoms with van der Waals surface area (Å²) in [7, 11) is 0. The minimum atomic E-state index is -4.62. The van der Waals surface area contributed by atoms with Crippen LogP contribution in [0.25, 0.3) is 0 Å². The molecule has 0 atom stereocenters. The van der Waals surface area contributed by atoms with E-state index in [4.69, 9.17) is 5.11 Å². The van der Waals surface area contributed by atoms with Gasteiger partial charge in [0.05, 0.1) is 16.8 Å². The maximum Gasteiger partial charge on any atom is 0.418 e. The van der Waals surface area contributed by atoms with Crippen LogP contribution in [-0.4, -0.2) is 17.0 Å².